The van der Waals surface area contributed by atoms with Gasteiger partial charge in [-0.05, 0) is 30.0 Å². The molecule has 2 aromatic rings. The van der Waals surface area contributed by atoms with E-state index >= 15 is 0 Å². The van der Waals surface area contributed by atoms with Gasteiger partial charge in [-0.3, -0.25) is 4.79 Å². The number of nitrogens with zero attached hydrogens (tertiary/aromatic N) is 1. The zero-order chi connectivity index (χ0) is 13.8. The van der Waals surface area contributed by atoms with E-state index in [9.17, 15) is 9.59 Å². The van der Waals surface area contributed by atoms with Gasteiger partial charge in [0, 0.05) is 12.4 Å². The second kappa shape index (κ2) is 5.71. The number of rotatable bonds is 5. The van der Waals surface area contributed by atoms with Gasteiger partial charge >= 0.3 is 5.97 Å². The van der Waals surface area contributed by atoms with Crippen LogP contribution in [0.1, 0.15) is 23.0 Å². The van der Waals surface area contributed by atoms with E-state index in [1.807, 2.05) is 40.5 Å². The number of carbonyl (C=O) groups excluding carboxylic acids is 1. The van der Waals surface area contributed by atoms with E-state index in [2.05, 4.69) is 5.32 Å². The number of thiophene rings is 1. The van der Waals surface area contributed by atoms with Crippen LogP contribution >= 0.6 is 11.3 Å². The molecular weight excluding hydrogens is 264 g/mol. The molecule has 0 spiro atoms. The Morgan fingerprint density at radius 2 is 2.11 bits per heavy atom. The number of aliphatic carboxylic acids is 1. The van der Waals surface area contributed by atoms with E-state index in [0.717, 1.165) is 5.69 Å². The first kappa shape index (κ1) is 13.4. The molecule has 0 saturated carbocycles. The van der Waals surface area contributed by atoms with Crippen LogP contribution in [0.5, 0.6) is 0 Å². The quantitative estimate of drug-likeness (QED) is 0.880. The van der Waals surface area contributed by atoms with Gasteiger partial charge in [-0.15, -0.1) is 11.3 Å². The molecule has 1 atom stereocenters. The molecule has 0 saturated heterocycles. The third-order valence-electron chi connectivity index (χ3n) is 2.74. The monoisotopic (exact) mass is 278 g/mol. The predicted octanol–water partition coefficient (Wildman–Crippen LogP) is 2.13. The Morgan fingerprint density at radius 1 is 1.42 bits per heavy atom. The van der Waals surface area contributed by atoms with Crippen molar-refractivity contribution in [2.75, 3.05) is 0 Å². The lowest BCUT2D eigenvalue weighted by Gasteiger charge is -2.12. The van der Waals surface area contributed by atoms with Crippen molar-refractivity contribution in [2.45, 2.75) is 19.4 Å². The lowest BCUT2D eigenvalue weighted by atomic mass is 10.2. The van der Waals surface area contributed by atoms with Crippen LogP contribution in [0.4, 0.5) is 0 Å². The van der Waals surface area contributed by atoms with Crippen LogP contribution in [0.2, 0.25) is 0 Å². The maximum absolute atomic E-state index is 12.1. The van der Waals surface area contributed by atoms with Crippen LogP contribution < -0.4 is 5.32 Å². The number of amides is 1. The molecule has 0 aliphatic rings. The molecule has 0 bridgehead atoms. The van der Waals surface area contributed by atoms with E-state index in [4.69, 9.17) is 5.11 Å². The molecule has 0 fully saturated rings. The summed E-state index contributed by atoms with van der Waals surface area (Å²) in [6.07, 6.45) is 4.03. The van der Waals surface area contributed by atoms with Gasteiger partial charge < -0.3 is 15.0 Å². The Kier molecular flexibility index (Phi) is 4.01. The van der Waals surface area contributed by atoms with Crippen molar-refractivity contribution in [3.05, 3.63) is 40.8 Å². The fourth-order valence-corrected chi connectivity index (χ4v) is 2.53. The Labute approximate surface area is 114 Å². The maximum atomic E-state index is 12.1. The van der Waals surface area contributed by atoms with Crippen LogP contribution in [0, 0.1) is 0 Å². The summed E-state index contributed by atoms with van der Waals surface area (Å²) in [6, 6.07) is 4.71. The zero-order valence-corrected chi connectivity index (χ0v) is 11.2. The van der Waals surface area contributed by atoms with Gasteiger partial charge in [0.25, 0.3) is 5.91 Å². The molecule has 1 amide bonds. The van der Waals surface area contributed by atoms with Crippen molar-refractivity contribution in [3.8, 4) is 5.69 Å². The summed E-state index contributed by atoms with van der Waals surface area (Å²) in [5, 5.41) is 13.3. The smallest absolute Gasteiger partial charge is 0.326 e. The van der Waals surface area contributed by atoms with Crippen molar-refractivity contribution in [1.82, 2.24) is 9.88 Å². The number of carboxylic acids is 1. The first-order valence-corrected chi connectivity index (χ1v) is 6.76. The number of hydrogen-bond acceptors (Lipinski definition) is 3. The third kappa shape index (κ3) is 2.85. The average Bonchev–Trinajstić information content (AvgIpc) is 3.03. The van der Waals surface area contributed by atoms with Crippen LogP contribution in [-0.2, 0) is 4.79 Å². The molecule has 0 radical (unpaired) electrons. The van der Waals surface area contributed by atoms with E-state index in [1.165, 1.54) is 11.3 Å². The van der Waals surface area contributed by atoms with Gasteiger partial charge in [-0.1, -0.05) is 6.92 Å². The van der Waals surface area contributed by atoms with Gasteiger partial charge in [-0.25, -0.2) is 4.79 Å². The molecular formula is C13H14N2O3S. The molecule has 19 heavy (non-hydrogen) atoms. The standard InChI is InChI=1S/C13H14N2O3S/c1-2-9(13(17)18)14-12(16)11-10(5-8-19-11)15-6-3-4-7-15/h3-9H,2H2,1H3,(H,14,16)(H,17,18)/t9-/m1/s1. The molecule has 0 aliphatic heterocycles. The summed E-state index contributed by atoms with van der Waals surface area (Å²) in [5.74, 6) is -1.37. The minimum absolute atomic E-state index is 0.352. The second-order valence-corrected chi connectivity index (χ2v) is 4.91. The SMILES string of the molecule is CC[C@@H](NC(=O)c1sccc1-n1cccc1)C(=O)O. The van der Waals surface area contributed by atoms with Gasteiger partial charge in [0.15, 0.2) is 0 Å². The highest BCUT2D eigenvalue weighted by Gasteiger charge is 2.21. The lowest BCUT2D eigenvalue weighted by Crippen LogP contribution is -2.40. The van der Waals surface area contributed by atoms with Crippen molar-refractivity contribution < 1.29 is 14.7 Å². The molecule has 0 aliphatic carbocycles. The maximum Gasteiger partial charge on any atom is 0.326 e. The van der Waals surface area contributed by atoms with Gasteiger partial charge in [0.05, 0.1) is 5.69 Å². The first-order valence-electron chi connectivity index (χ1n) is 5.88. The Bertz CT molecular complexity index is 574. The van der Waals surface area contributed by atoms with Gasteiger partial charge in [0.2, 0.25) is 0 Å². The first-order chi connectivity index (χ1) is 9.13. The van der Waals surface area contributed by atoms with E-state index < -0.39 is 12.0 Å². The Hall–Kier alpha value is -2.08. The molecule has 0 aromatic carbocycles. The van der Waals surface area contributed by atoms with Crippen molar-refractivity contribution >= 4 is 23.2 Å². The normalized spacial score (nSPS) is 12.1. The minimum Gasteiger partial charge on any atom is -0.480 e. The Morgan fingerprint density at radius 3 is 2.68 bits per heavy atom. The third-order valence-corrected chi connectivity index (χ3v) is 3.65. The summed E-state index contributed by atoms with van der Waals surface area (Å²) >= 11 is 1.29. The molecule has 2 N–H and O–H groups in total. The highest BCUT2D eigenvalue weighted by Crippen LogP contribution is 2.21. The summed E-state index contributed by atoms with van der Waals surface area (Å²) in [6.45, 7) is 1.72. The summed E-state index contributed by atoms with van der Waals surface area (Å²) in [5.41, 5.74) is 0.757. The van der Waals surface area contributed by atoms with Crippen molar-refractivity contribution in [2.24, 2.45) is 0 Å². The highest BCUT2D eigenvalue weighted by atomic mass is 32.1. The molecule has 2 rings (SSSR count). The molecule has 2 heterocycles. The summed E-state index contributed by atoms with van der Waals surface area (Å²) < 4.78 is 1.83. The number of aromatic nitrogens is 1. The second-order valence-electron chi connectivity index (χ2n) is 4.00. The van der Waals surface area contributed by atoms with Gasteiger partial charge in [0.1, 0.15) is 10.9 Å². The van der Waals surface area contributed by atoms with Crippen LogP contribution in [0.25, 0.3) is 5.69 Å². The average molecular weight is 278 g/mol. The number of carboxylic acid groups (broad SMARTS) is 1. The zero-order valence-electron chi connectivity index (χ0n) is 10.4. The van der Waals surface area contributed by atoms with Crippen LogP contribution in [0.3, 0.4) is 0 Å². The lowest BCUT2D eigenvalue weighted by molar-refractivity contribution is -0.139. The number of carbonyl (C=O) groups is 2. The number of hydrogen-bond donors (Lipinski definition) is 2. The van der Waals surface area contributed by atoms with E-state index in [-0.39, 0.29) is 5.91 Å². The summed E-state index contributed by atoms with van der Waals surface area (Å²) in [4.78, 5) is 23.6. The minimum atomic E-state index is -1.02. The van der Waals surface area contributed by atoms with Crippen molar-refractivity contribution in [3.63, 3.8) is 0 Å². The van der Waals surface area contributed by atoms with E-state index in [1.54, 1.807) is 6.92 Å². The summed E-state index contributed by atoms with van der Waals surface area (Å²) in [7, 11) is 0. The Balaban J connectivity index is 2.21. The van der Waals surface area contributed by atoms with Crippen LogP contribution in [-0.4, -0.2) is 27.6 Å². The molecule has 6 heteroatoms. The number of nitrogens with one attached hydrogen (secondary N) is 1. The molecule has 5 nitrogen and oxygen atoms in total. The fourth-order valence-electron chi connectivity index (χ4n) is 1.73. The predicted molar refractivity (Wildman–Crippen MR) is 72.8 cm³/mol. The largest absolute Gasteiger partial charge is 0.480 e. The van der Waals surface area contributed by atoms with Gasteiger partial charge in [-0.2, -0.15) is 0 Å². The van der Waals surface area contributed by atoms with Crippen molar-refractivity contribution in [1.29, 1.82) is 0 Å². The fraction of sp³-hybridized carbons (Fsp3) is 0.231. The topological polar surface area (TPSA) is 71.3 Å². The molecule has 2 aromatic heterocycles. The highest BCUT2D eigenvalue weighted by molar-refractivity contribution is 7.12. The molecule has 100 valence electrons. The van der Waals surface area contributed by atoms with Crippen LogP contribution in [0.15, 0.2) is 36.0 Å². The van der Waals surface area contributed by atoms with E-state index in [0.29, 0.717) is 11.3 Å². The molecule has 0 unspecified atom stereocenters.